The van der Waals surface area contributed by atoms with Gasteiger partial charge in [0.1, 0.15) is 0 Å². The molecule has 3 N–H and O–H groups in total. The molecule has 0 bridgehead atoms. The van der Waals surface area contributed by atoms with E-state index in [0.717, 1.165) is 37.2 Å². The highest BCUT2D eigenvalue weighted by Gasteiger charge is 2.69. The number of amides is 1. The van der Waals surface area contributed by atoms with Gasteiger partial charge in [0.2, 0.25) is 0 Å². The fourth-order valence-electron chi connectivity index (χ4n) is 5.10. The Bertz CT molecular complexity index is 1130. The van der Waals surface area contributed by atoms with Crippen LogP contribution < -0.4 is 5.73 Å². The zero-order chi connectivity index (χ0) is 22.1. The lowest BCUT2D eigenvalue weighted by Gasteiger charge is -2.26. The van der Waals surface area contributed by atoms with Gasteiger partial charge in [-0.2, -0.15) is 0 Å². The van der Waals surface area contributed by atoms with Crippen LogP contribution >= 0.6 is 0 Å². The fourth-order valence-corrected chi connectivity index (χ4v) is 5.10. The van der Waals surface area contributed by atoms with Crippen molar-refractivity contribution in [2.24, 2.45) is 5.73 Å². The molecule has 1 saturated carbocycles. The minimum absolute atomic E-state index is 0.299. The molecule has 0 saturated heterocycles. The minimum Gasteiger partial charge on any atom is -0.379 e. The lowest BCUT2D eigenvalue weighted by molar-refractivity contribution is -0.128. The Kier molecular flexibility index (Phi) is 5.41. The van der Waals surface area contributed by atoms with Gasteiger partial charge in [0.15, 0.2) is 5.60 Å². The van der Waals surface area contributed by atoms with E-state index in [0.29, 0.717) is 0 Å². The third-order valence-electron chi connectivity index (χ3n) is 6.91. The highest BCUT2D eigenvalue weighted by atomic mass is 16.3. The highest BCUT2D eigenvalue weighted by molar-refractivity contribution is 5.91. The summed E-state index contributed by atoms with van der Waals surface area (Å²) in [7, 11) is 0. The van der Waals surface area contributed by atoms with E-state index in [4.69, 9.17) is 5.73 Å². The second kappa shape index (κ2) is 8.38. The molecule has 5 rings (SSSR count). The van der Waals surface area contributed by atoms with Crippen molar-refractivity contribution in [3.05, 3.63) is 113 Å². The van der Waals surface area contributed by atoms with Crippen LogP contribution in [0.25, 0.3) is 5.57 Å². The van der Waals surface area contributed by atoms with E-state index in [1.165, 1.54) is 16.7 Å². The molecule has 3 aromatic carbocycles. The van der Waals surface area contributed by atoms with Crippen LogP contribution in [-0.2, 0) is 11.3 Å². The first kappa shape index (κ1) is 20.7. The van der Waals surface area contributed by atoms with Crippen molar-refractivity contribution < 1.29 is 9.90 Å². The van der Waals surface area contributed by atoms with E-state index in [-0.39, 0.29) is 11.8 Å². The molecule has 1 heterocycles. The Morgan fingerprint density at radius 2 is 1.50 bits per heavy atom. The molecule has 3 aromatic rings. The van der Waals surface area contributed by atoms with Crippen LogP contribution in [-0.4, -0.2) is 34.6 Å². The molecule has 0 unspecified atom stereocenters. The highest BCUT2D eigenvalue weighted by Crippen LogP contribution is 2.63. The maximum Gasteiger partial charge on any atom is 0.250 e. The minimum atomic E-state index is -1.52. The normalized spacial score (nSPS) is 25.2. The van der Waals surface area contributed by atoms with Crippen molar-refractivity contribution in [2.75, 3.05) is 13.1 Å². The van der Waals surface area contributed by atoms with Crippen molar-refractivity contribution in [3.63, 3.8) is 0 Å². The third kappa shape index (κ3) is 3.77. The first-order valence-electron chi connectivity index (χ1n) is 11.2. The summed E-state index contributed by atoms with van der Waals surface area (Å²) in [5, 5.41) is 11.0. The summed E-state index contributed by atoms with van der Waals surface area (Å²) in [6.07, 6.45) is 3.32. The average Bonchev–Trinajstić information content (AvgIpc) is 3.48. The molecule has 1 aliphatic carbocycles. The molecular formula is C28H28N2O2. The number of aliphatic hydroxyl groups is 1. The summed E-state index contributed by atoms with van der Waals surface area (Å²) < 4.78 is 0. The predicted octanol–water partition coefficient (Wildman–Crippen LogP) is 4.07. The molecule has 4 nitrogen and oxygen atoms in total. The second-order valence-corrected chi connectivity index (χ2v) is 8.88. The molecule has 32 heavy (non-hydrogen) atoms. The van der Waals surface area contributed by atoms with E-state index < -0.39 is 11.5 Å². The van der Waals surface area contributed by atoms with Gasteiger partial charge < -0.3 is 10.8 Å². The Labute approximate surface area is 189 Å². The SMILES string of the molecule is NC(=O)[C@@]1(O)[C@@H](c2ccccc2)[C@@H]1c1ccc(C2=CCN(Cc3ccccc3)CC2)cc1. The van der Waals surface area contributed by atoms with Gasteiger partial charge in [-0.3, -0.25) is 9.69 Å². The van der Waals surface area contributed by atoms with Crippen LogP contribution in [0.15, 0.2) is 91.0 Å². The van der Waals surface area contributed by atoms with Crippen molar-refractivity contribution in [1.82, 2.24) is 4.90 Å². The Balaban J connectivity index is 1.30. The number of nitrogens with two attached hydrogens (primary N) is 1. The standard InChI is InChI=1S/C28H28N2O2/c29-27(31)28(32)25(23-9-5-2-6-10-23)26(28)24-13-11-21(12-14-24)22-15-17-30(18-16-22)19-20-7-3-1-4-8-20/h1-15,25-26,32H,16-19H2,(H2,29,31)/t25-,26-,28+/m0/s1. The fraction of sp³-hybridized carbons (Fsp3) is 0.250. The second-order valence-electron chi connectivity index (χ2n) is 8.88. The van der Waals surface area contributed by atoms with Crippen LogP contribution in [0.2, 0.25) is 0 Å². The van der Waals surface area contributed by atoms with E-state index in [2.05, 4.69) is 53.4 Å². The van der Waals surface area contributed by atoms with Crippen LogP contribution in [0.4, 0.5) is 0 Å². The van der Waals surface area contributed by atoms with Crippen molar-refractivity contribution in [3.8, 4) is 0 Å². The van der Waals surface area contributed by atoms with Gasteiger partial charge in [0, 0.05) is 31.5 Å². The van der Waals surface area contributed by atoms with E-state index in [1.807, 2.05) is 42.5 Å². The number of nitrogens with zero attached hydrogens (tertiary/aromatic N) is 1. The maximum atomic E-state index is 12.1. The molecule has 0 spiro atoms. The summed E-state index contributed by atoms with van der Waals surface area (Å²) in [5.74, 6) is -1.26. The zero-order valence-electron chi connectivity index (χ0n) is 18.0. The van der Waals surface area contributed by atoms with Crippen molar-refractivity contribution >= 4 is 11.5 Å². The van der Waals surface area contributed by atoms with Gasteiger partial charge in [-0.15, -0.1) is 0 Å². The first-order chi connectivity index (χ1) is 15.6. The van der Waals surface area contributed by atoms with E-state index in [9.17, 15) is 9.90 Å². The molecule has 4 heteroatoms. The summed E-state index contributed by atoms with van der Waals surface area (Å²) in [6.45, 7) is 2.94. The molecule has 0 aromatic heterocycles. The summed E-state index contributed by atoms with van der Waals surface area (Å²) in [6, 6.07) is 28.5. The van der Waals surface area contributed by atoms with Gasteiger partial charge in [0.25, 0.3) is 5.91 Å². The zero-order valence-corrected chi connectivity index (χ0v) is 18.0. The molecule has 162 valence electrons. The third-order valence-corrected chi connectivity index (χ3v) is 6.91. The molecule has 3 atom stereocenters. The maximum absolute atomic E-state index is 12.1. The molecule has 1 fully saturated rings. The molecule has 1 amide bonds. The lowest BCUT2D eigenvalue weighted by Crippen LogP contribution is -2.33. The smallest absolute Gasteiger partial charge is 0.250 e. The van der Waals surface area contributed by atoms with Crippen LogP contribution in [0.3, 0.4) is 0 Å². The number of carbonyl (C=O) groups is 1. The Morgan fingerprint density at radius 1 is 0.906 bits per heavy atom. The molecule has 2 aliphatic rings. The molecule has 0 radical (unpaired) electrons. The first-order valence-corrected chi connectivity index (χ1v) is 11.2. The van der Waals surface area contributed by atoms with E-state index >= 15 is 0 Å². The van der Waals surface area contributed by atoms with Gasteiger partial charge in [-0.05, 0) is 34.2 Å². The summed E-state index contributed by atoms with van der Waals surface area (Å²) in [4.78, 5) is 14.5. The number of hydrogen-bond acceptors (Lipinski definition) is 3. The number of primary amides is 1. The van der Waals surface area contributed by atoms with Gasteiger partial charge >= 0.3 is 0 Å². The van der Waals surface area contributed by atoms with Crippen molar-refractivity contribution in [1.29, 1.82) is 0 Å². The van der Waals surface area contributed by atoms with Gasteiger partial charge in [-0.25, -0.2) is 0 Å². The van der Waals surface area contributed by atoms with Crippen LogP contribution in [0, 0.1) is 0 Å². The van der Waals surface area contributed by atoms with Gasteiger partial charge in [-0.1, -0.05) is 91.0 Å². The van der Waals surface area contributed by atoms with Crippen molar-refractivity contribution in [2.45, 2.75) is 30.4 Å². The number of benzene rings is 3. The summed E-state index contributed by atoms with van der Waals surface area (Å²) >= 11 is 0. The topological polar surface area (TPSA) is 66.6 Å². The van der Waals surface area contributed by atoms with E-state index in [1.54, 1.807) is 0 Å². The van der Waals surface area contributed by atoms with Crippen LogP contribution in [0.1, 0.15) is 40.5 Å². The van der Waals surface area contributed by atoms with Gasteiger partial charge in [0.05, 0.1) is 0 Å². The molecular weight excluding hydrogens is 396 g/mol. The number of carbonyl (C=O) groups excluding carboxylic acids is 1. The quantitative estimate of drug-likeness (QED) is 0.627. The average molecular weight is 425 g/mol. The largest absolute Gasteiger partial charge is 0.379 e. The summed E-state index contributed by atoms with van der Waals surface area (Å²) in [5.41, 5.74) is 9.86. The number of hydrogen-bond donors (Lipinski definition) is 2. The Hall–Kier alpha value is -3.21. The molecule has 1 aliphatic heterocycles. The Morgan fingerprint density at radius 3 is 2.06 bits per heavy atom. The number of rotatable bonds is 6. The van der Waals surface area contributed by atoms with Crippen LogP contribution in [0.5, 0.6) is 0 Å². The predicted molar refractivity (Wildman–Crippen MR) is 127 cm³/mol. The lowest BCUT2D eigenvalue weighted by atomic mass is 9.96. The monoisotopic (exact) mass is 424 g/mol.